The molecule has 1 rings (SSSR count). The van der Waals surface area contributed by atoms with Crippen LogP contribution in [0.25, 0.3) is 0 Å². The molecule has 1 saturated carbocycles. The van der Waals surface area contributed by atoms with E-state index < -0.39 is 5.54 Å². The largest absolute Gasteiger partial charge is 0.409 e. The second-order valence-corrected chi connectivity index (χ2v) is 5.72. The SMILES string of the molecule is CC(C)(C)OCC(=O)NC1(C(N)=NO)CCCC1. The van der Waals surface area contributed by atoms with E-state index in [2.05, 4.69) is 10.5 Å². The van der Waals surface area contributed by atoms with Crippen LogP contribution in [0, 0.1) is 0 Å². The molecule has 0 aliphatic heterocycles. The van der Waals surface area contributed by atoms with Crippen molar-refractivity contribution in [2.45, 2.75) is 57.6 Å². The van der Waals surface area contributed by atoms with Gasteiger partial charge in [-0.05, 0) is 33.6 Å². The highest BCUT2D eigenvalue weighted by molar-refractivity contribution is 5.94. The minimum Gasteiger partial charge on any atom is -0.409 e. The smallest absolute Gasteiger partial charge is 0.246 e. The van der Waals surface area contributed by atoms with Crippen molar-refractivity contribution in [3.63, 3.8) is 0 Å². The predicted molar refractivity (Wildman–Crippen MR) is 68.5 cm³/mol. The van der Waals surface area contributed by atoms with Gasteiger partial charge in [0.25, 0.3) is 0 Å². The summed E-state index contributed by atoms with van der Waals surface area (Å²) in [6, 6.07) is 0. The third kappa shape index (κ3) is 3.87. The summed E-state index contributed by atoms with van der Waals surface area (Å²) in [6.07, 6.45) is 3.31. The standard InChI is InChI=1S/C12H23N3O3/c1-11(2,3)18-8-9(16)14-12(10(13)15-17)6-4-5-7-12/h17H,4-8H2,1-3H3,(H2,13,15)(H,14,16). The van der Waals surface area contributed by atoms with Crippen molar-refractivity contribution in [1.82, 2.24) is 5.32 Å². The Balaban J connectivity index is 2.60. The van der Waals surface area contributed by atoms with Gasteiger partial charge in [-0.2, -0.15) is 0 Å². The molecule has 104 valence electrons. The van der Waals surface area contributed by atoms with Crippen LogP contribution in [-0.4, -0.2) is 34.7 Å². The minimum atomic E-state index is -0.701. The van der Waals surface area contributed by atoms with Crippen LogP contribution in [0.15, 0.2) is 5.16 Å². The van der Waals surface area contributed by atoms with Crippen LogP contribution in [0.1, 0.15) is 46.5 Å². The summed E-state index contributed by atoms with van der Waals surface area (Å²) in [5.41, 5.74) is 4.62. The van der Waals surface area contributed by atoms with E-state index in [-0.39, 0.29) is 24.0 Å². The summed E-state index contributed by atoms with van der Waals surface area (Å²) in [7, 11) is 0. The van der Waals surface area contributed by atoms with Gasteiger partial charge in [0.15, 0.2) is 5.84 Å². The lowest BCUT2D eigenvalue weighted by Crippen LogP contribution is -2.56. The normalized spacial score (nSPS) is 19.8. The quantitative estimate of drug-likeness (QED) is 0.302. The molecule has 0 saturated heterocycles. The first-order chi connectivity index (χ1) is 8.29. The van der Waals surface area contributed by atoms with E-state index in [1.807, 2.05) is 20.8 Å². The number of carbonyl (C=O) groups excluding carboxylic acids is 1. The highest BCUT2D eigenvalue weighted by Crippen LogP contribution is 2.29. The van der Waals surface area contributed by atoms with Crippen LogP contribution in [0.4, 0.5) is 0 Å². The van der Waals surface area contributed by atoms with Crippen molar-refractivity contribution in [2.75, 3.05) is 6.61 Å². The molecule has 0 aromatic rings. The zero-order chi connectivity index (χ0) is 13.8. The monoisotopic (exact) mass is 257 g/mol. The Bertz CT molecular complexity index is 328. The van der Waals surface area contributed by atoms with E-state index in [0.29, 0.717) is 12.8 Å². The molecule has 4 N–H and O–H groups in total. The van der Waals surface area contributed by atoms with E-state index in [0.717, 1.165) is 12.8 Å². The predicted octanol–water partition coefficient (Wildman–Crippen LogP) is 0.977. The zero-order valence-electron chi connectivity index (χ0n) is 11.3. The maximum atomic E-state index is 11.8. The van der Waals surface area contributed by atoms with Gasteiger partial charge in [-0.1, -0.05) is 18.0 Å². The van der Waals surface area contributed by atoms with Gasteiger partial charge in [0.2, 0.25) is 5.91 Å². The molecule has 0 aromatic carbocycles. The highest BCUT2D eigenvalue weighted by Gasteiger charge is 2.39. The average molecular weight is 257 g/mol. The van der Waals surface area contributed by atoms with E-state index in [1.54, 1.807) is 0 Å². The maximum absolute atomic E-state index is 11.8. The fourth-order valence-electron chi connectivity index (χ4n) is 2.10. The summed E-state index contributed by atoms with van der Waals surface area (Å²) < 4.78 is 5.40. The molecule has 18 heavy (non-hydrogen) atoms. The summed E-state index contributed by atoms with van der Waals surface area (Å²) in [6.45, 7) is 5.63. The van der Waals surface area contributed by atoms with E-state index >= 15 is 0 Å². The van der Waals surface area contributed by atoms with Crippen LogP contribution in [-0.2, 0) is 9.53 Å². The molecule has 1 amide bonds. The number of rotatable bonds is 4. The van der Waals surface area contributed by atoms with Crippen LogP contribution in [0.3, 0.4) is 0 Å². The lowest BCUT2D eigenvalue weighted by molar-refractivity contribution is -0.131. The molecular weight excluding hydrogens is 234 g/mol. The van der Waals surface area contributed by atoms with Crippen LogP contribution in [0.2, 0.25) is 0 Å². The van der Waals surface area contributed by atoms with Crippen LogP contribution >= 0.6 is 0 Å². The molecular formula is C12H23N3O3. The topological polar surface area (TPSA) is 96.9 Å². The first-order valence-electron chi connectivity index (χ1n) is 6.22. The van der Waals surface area contributed by atoms with Gasteiger partial charge in [0, 0.05) is 0 Å². The van der Waals surface area contributed by atoms with Crippen molar-refractivity contribution in [3.05, 3.63) is 0 Å². The zero-order valence-corrected chi connectivity index (χ0v) is 11.3. The molecule has 1 fully saturated rings. The fraction of sp³-hybridized carbons (Fsp3) is 0.833. The van der Waals surface area contributed by atoms with Crippen LogP contribution < -0.4 is 11.1 Å². The van der Waals surface area contributed by atoms with Gasteiger partial charge in [-0.15, -0.1) is 0 Å². The maximum Gasteiger partial charge on any atom is 0.246 e. The number of amides is 1. The van der Waals surface area contributed by atoms with Gasteiger partial charge in [-0.3, -0.25) is 4.79 Å². The first-order valence-corrected chi connectivity index (χ1v) is 6.22. The van der Waals surface area contributed by atoms with Crippen molar-refractivity contribution in [2.24, 2.45) is 10.9 Å². The van der Waals surface area contributed by atoms with Gasteiger partial charge in [-0.25, -0.2) is 0 Å². The number of ether oxygens (including phenoxy) is 1. The molecule has 0 heterocycles. The Hall–Kier alpha value is -1.30. The number of amidine groups is 1. The van der Waals surface area contributed by atoms with E-state index in [4.69, 9.17) is 15.7 Å². The van der Waals surface area contributed by atoms with Crippen molar-refractivity contribution in [1.29, 1.82) is 0 Å². The molecule has 0 bridgehead atoms. The molecule has 6 heteroatoms. The Kier molecular flexibility index (Phi) is 4.56. The third-order valence-electron chi connectivity index (χ3n) is 3.07. The van der Waals surface area contributed by atoms with Crippen molar-refractivity contribution in [3.8, 4) is 0 Å². The Morgan fingerprint density at radius 1 is 1.44 bits per heavy atom. The van der Waals surface area contributed by atoms with Gasteiger partial charge in [0.1, 0.15) is 12.1 Å². The van der Waals surface area contributed by atoms with Gasteiger partial charge < -0.3 is 21.0 Å². The summed E-state index contributed by atoms with van der Waals surface area (Å²) in [5.74, 6) is -0.164. The third-order valence-corrected chi connectivity index (χ3v) is 3.07. The number of hydrogen-bond acceptors (Lipinski definition) is 4. The second-order valence-electron chi connectivity index (χ2n) is 5.72. The Morgan fingerprint density at radius 3 is 2.44 bits per heavy atom. The highest BCUT2D eigenvalue weighted by atomic mass is 16.5. The fourth-order valence-corrected chi connectivity index (χ4v) is 2.10. The molecule has 1 aliphatic rings. The van der Waals surface area contributed by atoms with E-state index in [9.17, 15) is 4.79 Å². The Morgan fingerprint density at radius 2 is 2.00 bits per heavy atom. The lowest BCUT2D eigenvalue weighted by atomic mass is 9.96. The lowest BCUT2D eigenvalue weighted by Gasteiger charge is -2.29. The molecule has 0 aromatic heterocycles. The summed E-state index contributed by atoms with van der Waals surface area (Å²) in [5, 5.41) is 14.7. The van der Waals surface area contributed by atoms with Gasteiger partial charge >= 0.3 is 0 Å². The number of oxime groups is 1. The molecule has 0 radical (unpaired) electrons. The molecule has 0 spiro atoms. The van der Waals surface area contributed by atoms with E-state index in [1.165, 1.54) is 0 Å². The molecule has 1 aliphatic carbocycles. The number of carbonyl (C=O) groups is 1. The first kappa shape index (κ1) is 14.8. The number of hydrogen-bond donors (Lipinski definition) is 3. The van der Waals surface area contributed by atoms with Crippen molar-refractivity contribution >= 4 is 11.7 Å². The molecule has 6 nitrogen and oxygen atoms in total. The Labute approximate surface area is 108 Å². The summed E-state index contributed by atoms with van der Waals surface area (Å²) >= 11 is 0. The number of nitrogens with two attached hydrogens (primary N) is 1. The number of nitrogens with one attached hydrogen (secondary N) is 1. The van der Waals surface area contributed by atoms with Crippen molar-refractivity contribution < 1.29 is 14.7 Å². The average Bonchev–Trinajstić information content (AvgIpc) is 2.74. The van der Waals surface area contributed by atoms with Crippen LogP contribution in [0.5, 0.6) is 0 Å². The minimum absolute atomic E-state index is 0.0239. The van der Waals surface area contributed by atoms with Gasteiger partial charge in [0.05, 0.1) is 5.60 Å². The summed E-state index contributed by atoms with van der Waals surface area (Å²) in [4.78, 5) is 11.8. The number of nitrogens with zero attached hydrogens (tertiary/aromatic N) is 1. The molecule has 0 atom stereocenters. The molecule has 0 unspecified atom stereocenters. The second kappa shape index (κ2) is 5.56.